The third-order valence-corrected chi connectivity index (χ3v) is 3.34. The number of rotatable bonds is 7. The molecule has 0 aliphatic carbocycles. The molecular formula is C12H19FN2O3S. The van der Waals surface area contributed by atoms with Crippen molar-refractivity contribution in [3.05, 3.63) is 29.6 Å². The Morgan fingerprint density at radius 2 is 2.05 bits per heavy atom. The molecule has 0 aromatic heterocycles. The van der Waals surface area contributed by atoms with Gasteiger partial charge >= 0.3 is 0 Å². The van der Waals surface area contributed by atoms with E-state index in [-0.39, 0.29) is 11.8 Å². The van der Waals surface area contributed by atoms with E-state index in [2.05, 4.69) is 10.0 Å². The van der Waals surface area contributed by atoms with Crippen LogP contribution in [0.1, 0.15) is 18.5 Å². The fraction of sp³-hybridized carbons (Fsp3) is 0.500. The van der Waals surface area contributed by atoms with E-state index in [1.807, 2.05) is 6.92 Å². The van der Waals surface area contributed by atoms with E-state index < -0.39 is 15.8 Å². The van der Waals surface area contributed by atoms with Gasteiger partial charge in [-0.05, 0) is 24.6 Å². The molecular weight excluding hydrogens is 271 g/mol. The minimum absolute atomic E-state index is 0.0316. The molecule has 19 heavy (non-hydrogen) atoms. The van der Waals surface area contributed by atoms with Gasteiger partial charge in [0, 0.05) is 19.1 Å². The van der Waals surface area contributed by atoms with Crippen LogP contribution in [0.4, 0.5) is 4.39 Å². The number of methoxy groups -OCH3 is 1. The van der Waals surface area contributed by atoms with E-state index in [9.17, 15) is 12.8 Å². The van der Waals surface area contributed by atoms with Gasteiger partial charge in [-0.2, -0.15) is 0 Å². The minimum atomic E-state index is -3.16. The molecule has 0 saturated heterocycles. The molecule has 0 spiro atoms. The average Bonchev–Trinajstić information content (AvgIpc) is 2.33. The number of halogens is 1. The summed E-state index contributed by atoms with van der Waals surface area (Å²) in [6, 6.07) is 4.60. The van der Waals surface area contributed by atoms with Gasteiger partial charge in [-0.25, -0.2) is 17.5 Å². The predicted octanol–water partition coefficient (Wildman–Crippen LogP) is 1.03. The number of ether oxygens (including phenoxy) is 1. The van der Waals surface area contributed by atoms with E-state index >= 15 is 0 Å². The molecule has 0 saturated carbocycles. The lowest BCUT2D eigenvalue weighted by atomic mass is 10.1. The number of sulfonamides is 1. The molecule has 1 rings (SSSR count). The Kier molecular flexibility index (Phi) is 5.71. The SMILES string of the molecule is COc1cc(C(C)NCCNS(C)(=O)=O)ccc1F. The highest BCUT2D eigenvalue weighted by Gasteiger charge is 2.09. The van der Waals surface area contributed by atoms with E-state index in [4.69, 9.17) is 4.74 Å². The van der Waals surface area contributed by atoms with Gasteiger partial charge in [0.2, 0.25) is 10.0 Å². The first-order chi connectivity index (χ1) is 8.83. The second kappa shape index (κ2) is 6.83. The Morgan fingerprint density at radius 3 is 2.63 bits per heavy atom. The van der Waals surface area contributed by atoms with Crippen molar-refractivity contribution in [3.63, 3.8) is 0 Å². The van der Waals surface area contributed by atoms with Crippen molar-refractivity contribution in [1.82, 2.24) is 10.0 Å². The van der Waals surface area contributed by atoms with Crippen LogP contribution in [0, 0.1) is 5.82 Å². The summed E-state index contributed by atoms with van der Waals surface area (Å²) in [4.78, 5) is 0. The van der Waals surface area contributed by atoms with Crippen molar-refractivity contribution in [3.8, 4) is 5.75 Å². The quantitative estimate of drug-likeness (QED) is 0.736. The maximum absolute atomic E-state index is 13.2. The lowest BCUT2D eigenvalue weighted by Gasteiger charge is -2.15. The Hall–Kier alpha value is -1.18. The maximum Gasteiger partial charge on any atom is 0.208 e. The number of hydrogen-bond acceptors (Lipinski definition) is 4. The minimum Gasteiger partial charge on any atom is -0.494 e. The molecule has 0 radical (unpaired) electrons. The van der Waals surface area contributed by atoms with Crippen molar-refractivity contribution in [2.75, 3.05) is 26.5 Å². The normalized spacial score (nSPS) is 13.3. The average molecular weight is 290 g/mol. The molecule has 7 heteroatoms. The summed E-state index contributed by atoms with van der Waals surface area (Å²) in [7, 11) is -1.75. The second-order valence-electron chi connectivity index (χ2n) is 4.24. The third-order valence-electron chi connectivity index (χ3n) is 2.61. The molecule has 2 N–H and O–H groups in total. The molecule has 1 aromatic carbocycles. The first kappa shape index (κ1) is 15.9. The second-order valence-corrected chi connectivity index (χ2v) is 6.07. The Labute approximate surface area is 113 Å². The fourth-order valence-electron chi connectivity index (χ4n) is 1.59. The van der Waals surface area contributed by atoms with Crippen molar-refractivity contribution in [1.29, 1.82) is 0 Å². The lowest BCUT2D eigenvalue weighted by molar-refractivity contribution is 0.385. The third kappa shape index (κ3) is 5.54. The monoisotopic (exact) mass is 290 g/mol. The van der Waals surface area contributed by atoms with E-state index in [1.54, 1.807) is 12.1 Å². The van der Waals surface area contributed by atoms with Crippen LogP contribution < -0.4 is 14.8 Å². The van der Waals surface area contributed by atoms with Gasteiger partial charge in [0.15, 0.2) is 11.6 Å². The summed E-state index contributed by atoms with van der Waals surface area (Å²) in [5, 5.41) is 3.14. The zero-order valence-corrected chi connectivity index (χ0v) is 12.1. The molecule has 0 aliphatic rings. The summed E-state index contributed by atoms with van der Waals surface area (Å²) in [5.41, 5.74) is 0.873. The summed E-state index contributed by atoms with van der Waals surface area (Å²) in [6.07, 6.45) is 1.11. The summed E-state index contributed by atoms with van der Waals surface area (Å²) < 4.78 is 42.3. The number of nitrogens with one attached hydrogen (secondary N) is 2. The molecule has 0 heterocycles. The van der Waals surface area contributed by atoms with E-state index in [1.165, 1.54) is 13.2 Å². The van der Waals surface area contributed by atoms with Gasteiger partial charge in [0.05, 0.1) is 13.4 Å². The van der Waals surface area contributed by atoms with Crippen LogP contribution in [0.3, 0.4) is 0 Å². The van der Waals surface area contributed by atoms with Gasteiger partial charge in [0.25, 0.3) is 0 Å². The molecule has 5 nitrogen and oxygen atoms in total. The first-order valence-corrected chi connectivity index (χ1v) is 7.74. The predicted molar refractivity (Wildman–Crippen MR) is 72.2 cm³/mol. The summed E-state index contributed by atoms with van der Waals surface area (Å²) in [5.74, 6) is -0.211. The molecule has 0 amide bonds. The van der Waals surface area contributed by atoms with Crippen LogP contribution in [0.15, 0.2) is 18.2 Å². The zero-order valence-electron chi connectivity index (χ0n) is 11.2. The topological polar surface area (TPSA) is 67.4 Å². The molecule has 0 aliphatic heterocycles. The lowest BCUT2D eigenvalue weighted by Crippen LogP contribution is -2.32. The summed E-state index contributed by atoms with van der Waals surface area (Å²) >= 11 is 0. The fourth-order valence-corrected chi connectivity index (χ4v) is 2.06. The van der Waals surface area contributed by atoms with Crippen LogP contribution in [0.2, 0.25) is 0 Å². The van der Waals surface area contributed by atoms with E-state index in [0.717, 1.165) is 11.8 Å². The van der Waals surface area contributed by atoms with Gasteiger partial charge in [-0.15, -0.1) is 0 Å². The Balaban J connectivity index is 2.52. The van der Waals surface area contributed by atoms with Crippen LogP contribution in [-0.2, 0) is 10.0 Å². The number of benzene rings is 1. The van der Waals surface area contributed by atoms with Crippen molar-refractivity contribution >= 4 is 10.0 Å². The first-order valence-electron chi connectivity index (χ1n) is 5.85. The van der Waals surface area contributed by atoms with Crippen LogP contribution in [-0.4, -0.2) is 34.9 Å². The highest BCUT2D eigenvalue weighted by atomic mass is 32.2. The molecule has 1 unspecified atom stereocenters. The Bertz CT molecular complexity index is 520. The van der Waals surface area contributed by atoms with Crippen LogP contribution in [0.25, 0.3) is 0 Å². The zero-order chi connectivity index (χ0) is 14.5. The van der Waals surface area contributed by atoms with E-state index in [0.29, 0.717) is 13.1 Å². The maximum atomic E-state index is 13.2. The molecule has 1 atom stereocenters. The standard InChI is InChI=1S/C12H19FN2O3S/c1-9(14-6-7-15-19(3,16)17)10-4-5-11(13)12(8-10)18-2/h4-5,8-9,14-15H,6-7H2,1-3H3. The van der Waals surface area contributed by atoms with Gasteiger partial charge in [-0.1, -0.05) is 6.07 Å². The van der Waals surface area contributed by atoms with Crippen LogP contribution in [0.5, 0.6) is 5.75 Å². The smallest absolute Gasteiger partial charge is 0.208 e. The van der Waals surface area contributed by atoms with Crippen molar-refractivity contribution in [2.45, 2.75) is 13.0 Å². The highest BCUT2D eigenvalue weighted by molar-refractivity contribution is 7.88. The van der Waals surface area contributed by atoms with Crippen LogP contribution >= 0.6 is 0 Å². The van der Waals surface area contributed by atoms with Gasteiger partial charge in [-0.3, -0.25) is 0 Å². The molecule has 0 bridgehead atoms. The number of hydrogen-bond donors (Lipinski definition) is 2. The van der Waals surface area contributed by atoms with Gasteiger partial charge in [0.1, 0.15) is 0 Å². The van der Waals surface area contributed by atoms with Gasteiger partial charge < -0.3 is 10.1 Å². The van der Waals surface area contributed by atoms with Crippen molar-refractivity contribution in [2.24, 2.45) is 0 Å². The molecule has 108 valence electrons. The molecule has 0 fully saturated rings. The molecule has 1 aromatic rings. The Morgan fingerprint density at radius 1 is 1.37 bits per heavy atom. The highest BCUT2D eigenvalue weighted by Crippen LogP contribution is 2.22. The summed E-state index contributed by atoms with van der Waals surface area (Å²) in [6.45, 7) is 2.70. The van der Waals surface area contributed by atoms with Crippen molar-refractivity contribution < 1.29 is 17.5 Å². The largest absolute Gasteiger partial charge is 0.494 e.